The van der Waals surface area contributed by atoms with Crippen molar-refractivity contribution in [3.8, 4) is 23.0 Å². The number of benzene rings is 4. The van der Waals surface area contributed by atoms with E-state index in [2.05, 4.69) is 44.0 Å². The number of piperidine rings is 1. The molecule has 9 aromatic rings. The van der Waals surface area contributed by atoms with E-state index in [4.69, 9.17) is 41.5 Å². The molecule has 9 heterocycles. The van der Waals surface area contributed by atoms with Gasteiger partial charge in [-0.2, -0.15) is 0 Å². The summed E-state index contributed by atoms with van der Waals surface area (Å²) < 4.78 is 59.1. The van der Waals surface area contributed by atoms with Crippen molar-refractivity contribution >= 4 is 64.2 Å². The number of aliphatic imine (C=N–C) groups is 1. The van der Waals surface area contributed by atoms with Gasteiger partial charge in [-0.05, 0) is 91.7 Å². The molecule has 2 amide bonds. The third-order valence-corrected chi connectivity index (χ3v) is 16.8. The normalized spacial score (nSPS) is 18.7. The van der Waals surface area contributed by atoms with E-state index in [0.717, 1.165) is 24.2 Å². The molecule has 0 spiro atoms. The molecule has 4 aromatic carbocycles. The maximum atomic E-state index is 14.2. The Morgan fingerprint density at radius 1 is 0.730 bits per heavy atom. The van der Waals surface area contributed by atoms with Gasteiger partial charge in [0.2, 0.25) is 11.8 Å². The number of phenols is 2. The highest BCUT2D eigenvalue weighted by atomic mass is 35.5. The lowest BCUT2D eigenvalue weighted by Gasteiger charge is -2.36. The van der Waals surface area contributed by atoms with Crippen LogP contribution in [0, 0.1) is 11.6 Å². The van der Waals surface area contributed by atoms with Crippen LogP contribution in [0.1, 0.15) is 91.3 Å². The third-order valence-electron chi connectivity index (χ3n) is 16.5. The number of aromatic hydroxyl groups is 2. The first kappa shape index (κ1) is 61.1. The number of alkyl halides is 2. The Hall–Kier alpha value is -9.61. The van der Waals surface area contributed by atoms with Crippen molar-refractivity contribution in [1.82, 2.24) is 48.8 Å². The van der Waals surface area contributed by atoms with Crippen molar-refractivity contribution in [3.05, 3.63) is 196 Å². The largest absolute Gasteiger partial charge is 0.508 e. The molecule has 2 saturated heterocycles. The molecule has 2 unspecified atom stereocenters. The number of rotatable bonds is 13. The van der Waals surface area contributed by atoms with Gasteiger partial charge in [0.1, 0.15) is 62.9 Å². The zero-order valence-electron chi connectivity index (χ0n) is 49.5. The molecule has 0 aliphatic carbocycles. The number of nitrogens with one attached hydrogen (secondary N) is 2. The molecule has 13 rings (SSSR count). The Morgan fingerprint density at radius 2 is 1.34 bits per heavy atom. The van der Waals surface area contributed by atoms with Crippen LogP contribution in [0.15, 0.2) is 134 Å². The summed E-state index contributed by atoms with van der Waals surface area (Å²) in [4.78, 5) is 71.5. The zero-order chi connectivity index (χ0) is 62.9. The lowest BCUT2D eigenvalue weighted by Crippen LogP contribution is -2.46. The Balaban J connectivity index is 0.000000179. The van der Waals surface area contributed by atoms with Crippen LogP contribution in [-0.4, -0.2) is 129 Å². The van der Waals surface area contributed by atoms with Gasteiger partial charge in [0.25, 0.3) is 5.92 Å². The van der Waals surface area contributed by atoms with E-state index in [1.54, 1.807) is 107 Å². The molecule has 4 aliphatic rings. The van der Waals surface area contributed by atoms with Crippen LogP contribution in [0.25, 0.3) is 23.4 Å². The van der Waals surface area contributed by atoms with Crippen LogP contribution in [-0.2, 0) is 39.8 Å². The lowest BCUT2D eigenvalue weighted by molar-refractivity contribution is -0.119. The smallest absolute Gasteiger partial charge is 0.251 e. The van der Waals surface area contributed by atoms with Crippen molar-refractivity contribution in [2.45, 2.75) is 76.7 Å². The quantitative estimate of drug-likeness (QED) is 0.0623. The number of phenolic OH excluding ortho intramolecular Hbond substituents is 2. The molecule has 4 aliphatic heterocycles. The van der Waals surface area contributed by atoms with Gasteiger partial charge in [-0.15, -0.1) is 0 Å². The predicted molar refractivity (Wildman–Crippen MR) is 333 cm³/mol. The van der Waals surface area contributed by atoms with E-state index in [-0.39, 0.29) is 84.1 Å². The zero-order valence-corrected chi connectivity index (χ0v) is 50.3. The number of amides is 2. The van der Waals surface area contributed by atoms with E-state index in [1.807, 2.05) is 20.8 Å². The number of piperazine rings is 1. The van der Waals surface area contributed by atoms with Crippen LogP contribution in [0.3, 0.4) is 0 Å². The molecule has 24 heteroatoms. The number of fused-ring (bicyclic) bond motifs is 3. The van der Waals surface area contributed by atoms with Gasteiger partial charge in [0, 0.05) is 102 Å². The summed E-state index contributed by atoms with van der Waals surface area (Å²) in [5, 5.41) is 26.7. The highest BCUT2D eigenvalue weighted by molar-refractivity contribution is 6.32. The molecule has 0 bridgehead atoms. The van der Waals surface area contributed by atoms with Crippen molar-refractivity contribution in [2.75, 3.05) is 66.7 Å². The van der Waals surface area contributed by atoms with Crippen molar-refractivity contribution in [2.24, 2.45) is 4.99 Å². The summed E-state index contributed by atoms with van der Waals surface area (Å²) >= 11 is 6.10. The SMILES string of the molecule is C=Cn1ccnc1C(Cc1ccc(F)cc1)=NCc1nc2c(c(N3CCN(C)CC3)n1)C(C)(c1ccc(Cl)c(O)c1)C(=O)N2.CC.CC1(c2cccc(O)c2)C(=O)Nc2nc(-c3cn4ccnc4c(Cc4ccc(F)cc4)n3)nc(N3CCC(F)(F)CC3)c21. The van der Waals surface area contributed by atoms with Crippen molar-refractivity contribution in [3.63, 3.8) is 0 Å². The molecule has 458 valence electrons. The summed E-state index contributed by atoms with van der Waals surface area (Å²) in [6.07, 6.45) is 10.3. The first-order chi connectivity index (χ1) is 42.8. The van der Waals surface area contributed by atoms with Crippen molar-refractivity contribution in [1.29, 1.82) is 0 Å². The Bertz CT molecular complexity index is 4180. The van der Waals surface area contributed by atoms with Gasteiger partial charge in [0.15, 0.2) is 23.1 Å². The molecule has 89 heavy (non-hydrogen) atoms. The molecule has 4 N–H and O–H groups in total. The second-order valence-corrected chi connectivity index (χ2v) is 22.6. The highest BCUT2D eigenvalue weighted by Crippen LogP contribution is 2.50. The minimum absolute atomic E-state index is 0.0109. The fourth-order valence-electron chi connectivity index (χ4n) is 11.5. The number of hydrogen-bond acceptors (Lipinski definition) is 15. The second kappa shape index (κ2) is 24.9. The van der Waals surface area contributed by atoms with Crippen LogP contribution in [0.5, 0.6) is 11.5 Å². The van der Waals surface area contributed by atoms with Crippen LogP contribution in [0.2, 0.25) is 5.02 Å². The summed E-state index contributed by atoms with van der Waals surface area (Å²) in [6.45, 7) is 14.7. The van der Waals surface area contributed by atoms with E-state index in [1.165, 1.54) is 42.5 Å². The number of carbonyl (C=O) groups excluding carboxylic acids is 2. The highest BCUT2D eigenvalue weighted by Gasteiger charge is 2.51. The van der Waals surface area contributed by atoms with E-state index < -0.39 is 16.8 Å². The minimum atomic E-state index is -2.79. The molecular weight excluding hydrogens is 1170 g/mol. The van der Waals surface area contributed by atoms with Crippen LogP contribution in [0.4, 0.5) is 40.8 Å². The summed E-state index contributed by atoms with van der Waals surface area (Å²) in [6, 6.07) is 23.6. The monoisotopic (exact) mass is 1230 g/mol. The van der Waals surface area contributed by atoms with Crippen LogP contribution < -0.4 is 20.4 Å². The predicted octanol–water partition coefficient (Wildman–Crippen LogP) is 10.7. The first-order valence-corrected chi connectivity index (χ1v) is 29.5. The standard InChI is InChI=1S/C32H32ClFN8O2.C31H26F3N7O2.C2H6/c1-4-41-12-11-35-29(41)24(17-20-5-8-22(34)9-6-20)36-19-26-37-28-27(30(38-26)42-15-13-40(3)14-16-42)32(2,31(44)39-28)21-7-10-23(33)25(43)18-21;1-30(19-3-2-4-21(42)16-19)24-26(39-29(30)43)37-25(38-28(24)40-12-9-31(33,34)10-13-40)23-17-41-14-11-35-27(41)22(36-23)15-18-5-7-20(32)8-6-18;1-2/h4-12,18,43H,1,13-17,19H2,2-3H3,(H,37,38,39,44);2-8,11,14,16-17,42H,9-10,12-13,15H2,1H3,(H,37,38,39,43);1-2H3. The first-order valence-electron chi connectivity index (χ1n) is 29.1. The molecule has 0 saturated carbocycles. The number of halogens is 5. The van der Waals surface area contributed by atoms with Gasteiger partial charge < -0.3 is 44.5 Å². The number of anilines is 4. The average molecular weight is 1230 g/mol. The number of nitrogens with zero attached hydrogens (tertiary/aromatic N) is 13. The van der Waals surface area contributed by atoms with E-state index in [0.29, 0.717) is 100 Å². The number of likely N-dealkylation sites (N-methyl/N-ethyl adjacent to an activating group) is 1. The fraction of sp³-hybridized carbons (Fsp3) is 0.292. The molecule has 19 nitrogen and oxygen atoms in total. The van der Waals surface area contributed by atoms with Gasteiger partial charge in [-0.1, -0.05) is 74.5 Å². The molecular formula is C65H64ClF4N15O4. The van der Waals surface area contributed by atoms with Crippen molar-refractivity contribution < 1.29 is 37.4 Å². The van der Waals surface area contributed by atoms with Gasteiger partial charge in [0.05, 0.1) is 34.1 Å². The third kappa shape index (κ3) is 12.1. The van der Waals surface area contributed by atoms with Gasteiger partial charge >= 0.3 is 0 Å². The minimum Gasteiger partial charge on any atom is -0.508 e. The van der Waals surface area contributed by atoms with Gasteiger partial charge in [-0.25, -0.2) is 52.4 Å². The maximum absolute atomic E-state index is 14.2. The summed E-state index contributed by atoms with van der Waals surface area (Å²) in [7, 11) is 2.07. The van der Waals surface area contributed by atoms with E-state index in [9.17, 15) is 37.4 Å². The molecule has 2 fully saturated rings. The van der Waals surface area contributed by atoms with E-state index >= 15 is 0 Å². The second-order valence-electron chi connectivity index (χ2n) is 22.2. The maximum Gasteiger partial charge on any atom is 0.251 e. The molecule has 5 aromatic heterocycles. The lowest BCUT2D eigenvalue weighted by atomic mass is 9.77. The Kier molecular flexibility index (Phi) is 17.1. The molecule has 2 atom stereocenters. The Morgan fingerprint density at radius 3 is 1.98 bits per heavy atom. The number of imidazole rings is 2. The number of hydrogen-bond donors (Lipinski definition) is 4. The van der Waals surface area contributed by atoms with Crippen LogP contribution >= 0.6 is 11.6 Å². The Labute approximate surface area is 515 Å². The van der Waals surface area contributed by atoms with Gasteiger partial charge in [-0.3, -0.25) is 14.6 Å². The summed E-state index contributed by atoms with van der Waals surface area (Å²) in [5.41, 5.74) is 3.68. The number of carbonyl (C=O) groups is 2. The average Bonchev–Trinajstić information content (AvgIpc) is 1.63. The molecule has 0 radical (unpaired) electrons. The number of aromatic nitrogens is 9. The topological polar surface area (TPSA) is 220 Å². The summed E-state index contributed by atoms with van der Waals surface area (Å²) in [5.74, 6) is -1.32. The fourth-order valence-corrected chi connectivity index (χ4v) is 11.6.